The van der Waals surface area contributed by atoms with Crippen molar-refractivity contribution in [3.8, 4) is 11.4 Å². The summed E-state index contributed by atoms with van der Waals surface area (Å²) in [6.45, 7) is 3.70. The Morgan fingerprint density at radius 1 is 1.10 bits per heavy atom. The molecule has 3 rings (SSSR count). The van der Waals surface area contributed by atoms with Gasteiger partial charge in [-0.3, -0.25) is 9.59 Å². The second-order valence-electron chi connectivity index (χ2n) is 6.57. The lowest BCUT2D eigenvalue weighted by molar-refractivity contribution is -0.122. The van der Waals surface area contributed by atoms with Gasteiger partial charge in [0.15, 0.2) is 5.82 Å². The first-order valence-corrected chi connectivity index (χ1v) is 10.4. The molecule has 0 saturated heterocycles. The molecule has 0 unspecified atom stereocenters. The number of nitrogens with one attached hydrogen (secondary N) is 2. The van der Waals surface area contributed by atoms with Gasteiger partial charge >= 0.3 is 0 Å². The number of para-hydroxylation sites is 1. The van der Waals surface area contributed by atoms with E-state index in [1.54, 1.807) is 18.2 Å². The summed E-state index contributed by atoms with van der Waals surface area (Å²) in [7, 11) is 0. The number of nitrogens with zero attached hydrogens (tertiary/aromatic N) is 3. The molecule has 2 aromatic carbocycles. The molecule has 30 heavy (non-hydrogen) atoms. The smallest absolute Gasteiger partial charge is 0.243 e. The molecular formula is C20H21ClN6O2S. The minimum atomic E-state index is -0.316. The minimum absolute atomic E-state index is 0.0432. The number of hydrogen-bond donors (Lipinski definition) is 3. The molecule has 0 radical (unpaired) electrons. The lowest BCUT2D eigenvalue weighted by Gasteiger charge is -2.11. The van der Waals surface area contributed by atoms with Crippen LogP contribution in [0.15, 0.2) is 47.6 Å². The van der Waals surface area contributed by atoms with Gasteiger partial charge in [-0.15, -0.1) is 10.2 Å². The zero-order valence-corrected chi connectivity index (χ0v) is 18.0. The van der Waals surface area contributed by atoms with Gasteiger partial charge in [-0.05, 0) is 37.1 Å². The third kappa shape index (κ3) is 5.31. The van der Waals surface area contributed by atoms with Crippen LogP contribution in [-0.4, -0.2) is 39.0 Å². The number of benzene rings is 2. The molecule has 2 amide bonds. The molecule has 1 heterocycles. The first-order valence-electron chi connectivity index (χ1n) is 9.07. The molecule has 1 aromatic heterocycles. The van der Waals surface area contributed by atoms with Crippen molar-refractivity contribution in [2.24, 2.45) is 0 Å². The summed E-state index contributed by atoms with van der Waals surface area (Å²) in [5, 5.41) is 14.4. The van der Waals surface area contributed by atoms with Crippen LogP contribution in [0.5, 0.6) is 0 Å². The molecule has 10 heteroatoms. The first-order chi connectivity index (χ1) is 14.3. The number of carbonyl (C=O) groups is 2. The van der Waals surface area contributed by atoms with E-state index in [2.05, 4.69) is 20.8 Å². The molecule has 0 bridgehead atoms. The Morgan fingerprint density at radius 3 is 2.50 bits per heavy atom. The van der Waals surface area contributed by atoms with Crippen molar-refractivity contribution in [2.75, 3.05) is 23.5 Å². The summed E-state index contributed by atoms with van der Waals surface area (Å²) >= 11 is 7.12. The van der Waals surface area contributed by atoms with Crippen molar-refractivity contribution in [3.05, 3.63) is 58.6 Å². The fourth-order valence-electron chi connectivity index (χ4n) is 2.76. The number of aryl methyl sites for hydroxylation is 2. The second-order valence-corrected chi connectivity index (χ2v) is 7.95. The molecule has 0 fully saturated rings. The van der Waals surface area contributed by atoms with E-state index in [1.807, 2.05) is 38.1 Å². The zero-order chi connectivity index (χ0) is 21.7. The van der Waals surface area contributed by atoms with Gasteiger partial charge in [0.05, 0.1) is 12.3 Å². The number of amides is 2. The Morgan fingerprint density at radius 2 is 1.80 bits per heavy atom. The van der Waals surface area contributed by atoms with Crippen molar-refractivity contribution < 1.29 is 9.59 Å². The minimum Gasteiger partial charge on any atom is -0.346 e. The van der Waals surface area contributed by atoms with Gasteiger partial charge in [-0.2, -0.15) is 0 Å². The molecule has 0 aliphatic heterocycles. The number of nitrogen functional groups attached to an aromatic ring is 1. The molecule has 0 aliphatic rings. The van der Waals surface area contributed by atoms with Gasteiger partial charge in [0.1, 0.15) is 0 Å². The van der Waals surface area contributed by atoms with E-state index in [9.17, 15) is 9.59 Å². The predicted octanol–water partition coefficient (Wildman–Crippen LogP) is 2.78. The molecular weight excluding hydrogens is 424 g/mol. The number of halogens is 1. The molecule has 0 atom stereocenters. The molecule has 0 saturated carbocycles. The maximum atomic E-state index is 12.1. The van der Waals surface area contributed by atoms with Crippen LogP contribution in [0.2, 0.25) is 5.02 Å². The van der Waals surface area contributed by atoms with Crippen molar-refractivity contribution >= 4 is 40.9 Å². The largest absolute Gasteiger partial charge is 0.346 e. The summed E-state index contributed by atoms with van der Waals surface area (Å²) in [6, 6.07) is 12.8. The molecule has 156 valence electrons. The SMILES string of the molecule is Cc1cccc(C)c1NC(=O)CNC(=O)CSc1nnc(-c2cccc(Cl)c2)n1N. The Hall–Kier alpha value is -3.04. The van der Waals surface area contributed by atoms with E-state index in [0.29, 0.717) is 16.0 Å². The quantitative estimate of drug-likeness (QED) is 0.381. The number of hydrogen-bond acceptors (Lipinski definition) is 6. The van der Waals surface area contributed by atoms with E-state index < -0.39 is 0 Å². The summed E-state index contributed by atoms with van der Waals surface area (Å²) in [4.78, 5) is 24.3. The van der Waals surface area contributed by atoms with E-state index >= 15 is 0 Å². The number of thioether (sulfide) groups is 1. The fraction of sp³-hybridized carbons (Fsp3) is 0.200. The monoisotopic (exact) mass is 444 g/mol. The average molecular weight is 445 g/mol. The Balaban J connectivity index is 1.51. The molecule has 0 spiro atoms. The van der Waals surface area contributed by atoms with Crippen LogP contribution < -0.4 is 16.5 Å². The maximum Gasteiger partial charge on any atom is 0.243 e. The number of aromatic nitrogens is 3. The second kappa shape index (κ2) is 9.64. The highest BCUT2D eigenvalue weighted by Crippen LogP contribution is 2.23. The zero-order valence-electron chi connectivity index (χ0n) is 16.5. The standard InChI is InChI=1S/C20H21ClN6O2S/c1-12-5-3-6-13(2)18(12)24-16(28)10-23-17(29)11-30-20-26-25-19(27(20)22)14-7-4-8-15(21)9-14/h3-9H,10-11,22H2,1-2H3,(H,23,29)(H,24,28). The number of nitrogens with two attached hydrogens (primary N) is 1. The maximum absolute atomic E-state index is 12.1. The highest BCUT2D eigenvalue weighted by Gasteiger charge is 2.15. The molecule has 4 N–H and O–H groups in total. The summed E-state index contributed by atoms with van der Waals surface area (Å²) in [5.41, 5.74) is 3.40. The van der Waals surface area contributed by atoms with E-state index in [-0.39, 0.29) is 24.1 Å². The highest BCUT2D eigenvalue weighted by molar-refractivity contribution is 7.99. The lowest BCUT2D eigenvalue weighted by atomic mass is 10.1. The normalized spacial score (nSPS) is 10.6. The van der Waals surface area contributed by atoms with Crippen LogP contribution in [-0.2, 0) is 9.59 Å². The van der Waals surface area contributed by atoms with Gasteiger partial charge in [0.25, 0.3) is 0 Å². The third-order valence-corrected chi connectivity index (χ3v) is 5.45. The first kappa shape index (κ1) is 21.7. The van der Waals surface area contributed by atoms with E-state index in [1.165, 1.54) is 4.68 Å². The highest BCUT2D eigenvalue weighted by atomic mass is 35.5. The van der Waals surface area contributed by atoms with Crippen LogP contribution >= 0.6 is 23.4 Å². The van der Waals surface area contributed by atoms with Crippen LogP contribution in [0.3, 0.4) is 0 Å². The summed E-state index contributed by atoms with van der Waals surface area (Å²) in [6.07, 6.45) is 0. The van der Waals surface area contributed by atoms with E-state index in [0.717, 1.165) is 34.1 Å². The number of carbonyl (C=O) groups excluding carboxylic acids is 2. The topological polar surface area (TPSA) is 115 Å². The fourth-order valence-corrected chi connectivity index (χ4v) is 3.63. The van der Waals surface area contributed by atoms with Gasteiger partial charge in [0.2, 0.25) is 17.0 Å². The lowest BCUT2D eigenvalue weighted by Crippen LogP contribution is -2.34. The number of rotatable bonds is 7. The Kier molecular flexibility index (Phi) is 6.96. The summed E-state index contributed by atoms with van der Waals surface area (Å²) in [5.74, 6) is 5.91. The van der Waals surface area contributed by atoms with E-state index in [4.69, 9.17) is 17.4 Å². The van der Waals surface area contributed by atoms with Crippen molar-refractivity contribution in [2.45, 2.75) is 19.0 Å². The van der Waals surface area contributed by atoms with Crippen LogP contribution in [0, 0.1) is 13.8 Å². The van der Waals surface area contributed by atoms with Crippen molar-refractivity contribution in [1.29, 1.82) is 0 Å². The van der Waals surface area contributed by atoms with Gasteiger partial charge in [-0.1, -0.05) is 53.7 Å². The molecule has 3 aromatic rings. The van der Waals surface area contributed by atoms with Crippen molar-refractivity contribution in [3.63, 3.8) is 0 Å². The molecule has 8 nitrogen and oxygen atoms in total. The van der Waals surface area contributed by atoms with Crippen molar-refractivity contribution in [1.82, 2.24) is 20.2 Å². The van der Waals surface area contributed by atoms with Gasteiger partial charge in [-0.25, -0.2) is 4.68 Å². The Labute approximate surface area is 183 Å². The average Bonchev–Trinajstić information content (AvgIpc) is 3.08. The summed E-state index contributed by atoms with van der Waals surface area (Å²) < 4.78 is 1.30. The van der Waals surface area contributed by atoms with Crippen LogP contribution in [0.1, 0.15) is 11.1 Å². The predicted molar refractivity (Wildman–Crippen MR) is 119 cm³/mol. The third-order valence-electron chi connectivity index (χ3n) is 4.27. The number of anilines is 1. The van der Waals surface area contributed by atoms with Crippen LogP contribution in [0.4, 0.5) is 5.69 Å². The molecule has 0 aliphatic carbocycles. The van der Waals surface area contributed by atoms with Crippen LogP contribution in [0.25, 0.3) is 11.4 Å². The Bertz CT molecular complexity index is 1060. The van der Waals surface area contributed by atoms with Gasteiger partial charge in [0, 0.05) is 16.3 Å². The van der Waals surface area contributed by atoms with Gasteiger partial charge < -0.3 is 16.5 Å².